The Morgan fingerprint density at radius 3 is 2.90 bits per heavy atom. The Morgan fingerprint density at radius 2 is 2.19 bits per heavy atom. The molecule has 1 atom stereocenters. The van der Waals surface area contributed by atoms with Crippen molar-refractivity contribution in [1.29, 1.82) is 0 Å². The van der Waals surface area contributed by atoms with Crippen LogP contribution in [0.2, 0.25) is 5.02 Å². The first kappa shape index (κ1) is 14.6. The highest BCUT2D eigenvalue weighted by molar-refractivity contribution is 7.11. The fraction of sp³-hybridized carbons (Fsp3) is 0.400. The monoisotopic (exact) mass is 324 g/mol. The number of fused-ring (bicyclic) bond motifs is 1. The van der Waals surface area contributed by atoms with Crippen LogP contribution in [0, 0.1) is 13.8 Å². The molecule has 112 valence electrons. The summed E-state index contributed by atoms with van der Waals surface area (Å²) in [6.07, 6.45) is 0. The standard InChI is InChI=1S/C15H17ClN2O2S/c1-8(15-9(2)18-10(3)21-15)17-6-11-4-12(16)14-13(5-11)19-7-20-14/h4-5,8,17H,6-7H2,1-3H3. The van der Waals surface area contributed by atoms with Gasteiger partial charge in [0.15, 0.2) is 11.5 Å². The molecule has 1 aliphatic rings. The summed E-state index contributed by atoms with van der Waals surface area (Å²) < 4.78 is 10.7. The molecule has 0 fully saturated rings. The number of thiazole rings is 1. The third-order valence-electron chi connectivity index (χ3n) is 3.43. The second-order valence-electron chi connectivity index (χ2n) is 5.10. The number of nitrogens with zero attached hydrogens (tertiary/aromatic N) is 1. The number of hydrogen-bond donors (Lipinski definition) is 1. The second-order valence-corrected chi connectivity index (χ2v) is 6.74. The number of rotatable bonds is 4. The van der Waals surface area contributed by atoms with Crippen molar-refractivity contribution in [3.05, 3.63) is 38.3 Å². The minimum atomic E-state index is 0.238. The molecular weight excluding hydrogens is 308 g/mol. The van der Waals surface area contributed by atoms with Gasteiger partial charge < -0.3 is 14.8 Å². The number of aromatic nitrogens is 1. The van der Waals surface area contributed by atoms with Crippen LogP contribution in [0.15, 0.2) is 12.1 Å². The topological polar surface area (TPSA) is 43.4 Å². The zero-order valence-corrected chi connectivity index (χ0v) is 13.8. The quantitative estimate of drug-likeness (QED) is 0.923. The van der Waals surface area contributed by atoms with E-state index in [1.807, 2.05) is 19.1 Å². The molecule has 1 aliphatic heterocycles. The molecule has 2 aromatic rings. The van der Waals surface area contributed by atoms with Crippen LogP contribution in [0.3, 0.4) is 0 Å². The summed E-state index contributed by atoms with van der Waals surface area (Å²) in [7, 11) is 0. The van der Waals surface area contributed by atoms with Crippen molar-refractivity contribution in [2.45, 2.75) is 33.4 Å². The summed E-state index contributed by atoms with van der Waals surface area (Å²) in [4.78, 5) is 5.75. The first-order chi connectivity index (χ1) is 10.0. The first-order valence-corrected chi connectivity index (χ1v) is 7.99. The lowest BCUT2D eigenvalue weighted by molar-refractivity contribution is 0.174. The number of nitrogens with one attached hydrogen (secondary N) is 1. The Kier molecular flexibility index (Phi) is 4.06. The fourth-order valence-electron chi connectivity index (χ4n) is 2.44. The summed E-state index contributed by atoms with van der Waals surface area (Å²) in [5.74, 6) is 1.36. The highest BCUT2D eigenvalue weighted by atomic mass is 35.5. The zero-order valence-electron chi connectivity index (χ0n) is 12.2. The van der Waals surface area contributed by atoms with Crippen LogP contribution in [0.25, 0.3) is 0 Å². The molecule has 0 spiro atoms. The molecule has 4 nitrogen and oxygen atoms in total. The Hall–Kier alpha value is -1.30. The molecule has 1 aromatic carbocycles. The largest absolute Gasteiger partial charge is 0.454 e. The molecule has 2 heterocycles. The fourth-order valence-corrected chi connectivity index (χ4v) is 3.68. The molecule has 0 aliphatic carbocycles. The maximum absolute atomic E-state index is 6.19. The number of aryl methyl sites for hydroxylation is 2. The van der Waals surface area contributed by atoms with Gasteiger partial charge in [0.1, 0.15) is 0 Å². The van der Waals surface area contributed by atoms with E-state index in [9.17, 15) is 0 Å². The van der Waals surface area contributed by atoms with Gasteiger partial charge in [0, 0.05) is 17.5 Å². The predicted molar refractivity (Wildman–Crippen MR) is 84.4 cm³/mol. The summed E-state index contributed by atoms with van der Waals surface area (Å²) in [6.45, 7) is 7.18. The van der Waals surface area contributed by atoms with Gasteiger partial charge in [-0.05, 0) is 38.5 Å². The van der Waals surface area contributed by atoms with Gasteiger partial charge in [-0.2, -0.15) is 0 Å². The van der Waals surface area contributed by atoms with E-state index in [1.54, 1.807) is 11.3 Å². The highest BCUT2D eigenvalue weighted by Crippen LogP contribution is 2.39. The van der Waals surface area contributed by atoms with Gasteiger partial charge >= 0.3 is 0 Å². The summed E-state index contributed by atoms with van der Waals surface area (Å²) >= 11 is 7.93. The molecule has 21 heavy (non-hydrogen) atoms. The molecular formula is C15H17ClN2O2S. The summed E-state index contributed by atoms with van der Waals surface area (Å²) in [5.41, 5.74) is 2.18. The summed E-state index contributed by atoms with van der Waals surface area (Å²) in [5, 5.41) is 5.20. The average Bonchev–Trinajstić information content (AvgIpc) is 3.02. The smallest absolute Gasteiger partial charge is 0.231 e. The van der Waals surface area contributed by atoms with Crippen molar-refractivity contribution in [3.63, 3.8) is 0 Å². The van der Waals surface area contributed by atoms with Crippen LogP contribution in [-0.4, -0.2) is 11.8 Å². The van der Waals surface area contributed by atoms with E-state index in [2.05, 4.69) is 24.1 Å². The molecule has 3 rings (SSSR count). The molecule has 0 saturated carbocycles. The molecule has 0 amide bonds. The zero-order chi connectivity index (χ0) is 15.0. The van der Waals surface area contributed by atoms with Gasteiger partial charge in [-0.3, -0.25) is 0 Å². The molecule has 1 N–H and O–H groups in total. The van der Waals surface area contributed by atoms with Crippen LogP contribution in [-0.2, 0) is 6.54 Å². The lowest BCUT2D eigenvalue weighted by Crippen LogP contribution is -2.17. The van der Waals surface area contributed by atoms with Crippen LogP contribution >= 0.6 is 22.9 Å². The predicted octanol–water partition coefficient (Wildman–Crippen LogP) is 3.99. The van der Waals surface area contributed by atoms with Gasteiger partial charge in [-0.15, -0.1) is 11.3 Å². The first-order valence-electron chi connectivity index (χ1n) is 6.80. The number of benzene rings is 1. The van der Waals surface area contributed by atoms with Crippen molar-refractivity contribution in [2.75, 3.05) is 6.79 Å². The summed E-state index contributed by atoms with van der Waals surface area (Å²) in [6, 6.07) is 4.14. The van der Waals surface area contributed by atoms with Gasteiger partial charge in [0.2, 0.25) is 6.79 Å². The van der Waals surface area contributed by atoms with E-state index >= 15 is 0 Å². The van der Waals surface area contributed by atoms with Crippen molar-refractivity contribution in [3.8, 4) is 11.5 Å². The van der Waals surface area contributed by atoms with Gasteiger partial charge in [-0.1, -0.05) is 11.6 Å². The van der Waals surface area contributed by atoms with Crippen LogP contribution in [0.5, 0.6) is 11.5 Å². The number of ether oxygens (including phenoxy) is 2. The van der Waals surface area contributed by atoms with E-state index < -0.39 is 0 Å². The lowest BCUT2D eigenvalue weighted by Gasteiger charge is -2.13. The van der Waals surface area contributed by atoms with E-state index in [1.165, 1.54) is 4.88 Å². The Balaban J connectivity index is 1.70. The van der Waals surface area contributed by atoms with E-state index in [4.69, 9.17) is 21.1 Å². The maximum Gasteiger partial charge on any atom is 0.231 e. The van der Waals surface area contributed by atoms with E-state index in [-0.39, 0.29) is 12.8 Å². The number of hydrogen-bond acceptors (Lipinski definition) is 5. The molecule has 6 heteroatoms. The molecule has 0 saturated heterocycles. The van der Waals surface area contributed by atoms with Gasteiger partial charge in [-0.25, -0.2) is 4.98 Å². The Morgan fingerprint density at radius 1 is 1.38 bits per heavy atom. The normalized spacial score (nSPS) is 14.5. The van der Waals surface area contributed by atoms with Crippen LogP contribution in [0.1, 0.15) is 34.1 Å². The molecule has 0 bridgehead atoms. The Labute approximate surface area is 133 Å². The van der Waals surface area contributed by atoms with Crippen molar-refractivity contribution in [2.24, 2.45) is 0 Å². The third kappa shape index (κ3) is 3.00. The van der Waals surface area contributed by atoms with E-state index in [0.29, 0.717) is 17.3 Å². The maximum atomic E-state index is 6.19. The van der Waals surface area contributed by atoms with Crippen molar-refractivity contribution >= 4 is 22.9 Å². The van der Waals surface area contributed by atoms with Crippen LogP contribution in [0.4, 0.5) is 0 Å². The van der Waals surface area contributed by atoms with Crippen molar-refractivity contribution in [1.82, 2.24) is 10.3 Å². The van der Waals surface area contributed by atoms with Crippen LogP contribution < -0.4 is 14.8 Å². The van der Waals surface area contributed by atoms with Crippen molar-refractivity contribution < 1.29 is 9.47 Å². The molecule has 1 unspecified atom stereocenters. The second kappa shape index (κ2) is 5.83. The minimum Gasteiger partial charge on any atom is -0.454 e. The highest BCUT2D eigenvalue weighted by Gasteiger charge is 2.19. The van der Waals surface area contributed by atoms with Gasteiger partial charge in [0.25, 0.3) is 0 Å². The molecule has 0 radical (unpaired) electrons. The average molecular weight is 325 g/mol. The van der Waals surface area contributed by atoms with E-state index in [0.717, 1.165) is 22.0 Å². The lowest BCUT2D eigenvalue weighted by atomic mass is 10.1. The Bertz CT molecular complexity index is 672. The molecule has 1 aromatic heterocycles. The van der Waals surface area contributed by atoms with Gasteiger partial charge in [0.05, 0.1) is 15.7 Å². The SMILES string of the molecule is Cc1nc(C)c(C(C)NCc2cc(Cl)c3c(c2)OCO3)s1. The third-order valence-corrected chi connectivity index (χ3v) is 4.97. The number of halogens is 1. The minimum absolute atomic E-state index is 0.238.